The van der Waals surface area contributed by atoms with Gasteiger partial charge in [-0.3, -0.25) is 4.79 Å². The zero-order valence-corrected chi connectivity index (χ0v) is 11.1. The molecule has 0 aromatic heterocycles. The van der Waals surface area contributed by atoms with Gasteiger partial charge in [0.2, 0.25) is 0 Å². The normalized spacial score (nSPS) is 13.4. The highest BCUT2D eigenvalue weighted by Crippen LogP contribution is 2.11. The zero-order valence-electron chi connectivity index (χ0n) is 11.1. The summed E-state index contributed by atoms with van der Waals surface area (Å²) < 4.78 is 0. The highest BCUT2D eigenvalue weighted by atomic mass is 16.4. The van der Waals surface area contributed by atoms with E-state index in [0.29, 0.717) is 12.5 Å². The molecule has 0 amide bonds. The van der Waals surface area contributed by atoms with Gasteiger partial charge in [0, 0.05) is 6.54 Å². The van der Waals surface area contributed by atoms with E-state index in [1.807, 2.05) is 0 Å². The number of carboxylic acid groups (broad SMARTS) is 1. The van der Waals surface area contributed by atoms with Crippen LogP contribution in [0.15, 0.2) is 0 Å². The second kappa shape index (κ2) is 8.57. The second-order valence-corrected chi connectivity index (χ2v) is 5.40. The number of carbonyl (C=O) groups is 1. The molecular formula is C13H27NO2. The topological polar surface area (TPSA) is 49.3 Å². The molecule has 0 radical (unpaired) electrons. The minimum Gasteiger partial charge on any atom is -0.481 e. The van der Waals surface area contributed by atoms with Crippen molar-refractivity contribution in [1.82, 2.24) is 5.32 Å². The quantitative estimate of drug-likeness (QED) is 0.598. The van der Waals surface area contributed by atoms with Gasteiger partial charge < -0.3 is 10.4 Å². The van der Waals surface area contributed by atoms with Crippen LogP contribution in [0, 0.1) is 17.8 Å². The van der Waals surface area contributed by atoms with E-state index < -0.39 is 5.97 Å². The monoisotopic (exact) mass is 229 g/mol. The van der Waals surface area contributed by atoms with Gasteiger partial charge in [-0.2, -0.15) is 0 Å². The van der Waals surface area contributed by atoms with E-state index in [4.69, 9.17) is 5.11 Å². The Bertz CT molecular complexity index is 190. The highest BCUT2D eigenvalue weighted by molar-refractivity contribution is 5.70. The fourth-order valence-corrected chi connectivity index (χ4v) is 1.75. The number of aliphatic carboxylic acids is 1. The molecular weight excluding hydrogens is 202 g/mol. The van der Waals surface area contributed by atoms with Crippen LogP contribution in [-0.4, -0.2) is 24.2 Å². The summed E-state index contributed by atoms with van der Waals surface area (Å²) in [6.45, 7) is 10.1. The fourth-order valence-electron chi connectivity index (χ4n) is 1.75. The lowest BCUT2D eigenvalue weighted by atomic mass is 9.97. The van der Waals surface area contributed by atoms with Crippen LogP contribution in [0.2, 0.25) is 0 Å². The lowest BCUT2D eigenvalue weighted by Crippen LogP contribution is -2.30. The van der Waals surface area contributed by atoms with E-state index in [1.165, 1.54) is 6.42 Å². The number of nitrogens with one attached hydrogen (secondary N) is 1. The largest absolute Gasteiger partial charge is 0.481 e. The lowest BCUT2D eigenvalue weighted by Gasteiger charge is -2.15. The molecule has 0 aliphatic carbocycles. The predicted molar refractivity (Wildman–Crippen MR) is 67.5 cm³/mol. The molecule has 0 saturated heterocycles. The van der Waals surface area contributed by atoms with Gasteiger partial charge in [0.15, 0.2) is 0 Å². The molecule has 1 atom stereocenters. The van der Waals surface area contributed by atoms with Crippen LogP contribution in [0.25, 0.3) is 0 Å². The first-order valence-electron chi connectivity index (χ1n) is 6.37. The minimum absolute atomic E-state index is 0.237. The van der Waals surface area contributed by atoms with Crippen molar-refractivity contribution in [1.29, 1.82) is 0 Å². The average molecular weight is 229 g/mol. The fraction of sp³-hybridized carbons (Fsp3) is 0.923. The van der Waals surface area contributed by atoms with Gasteiger partial charge in [-0.1, -0.05) is 27.7 Å². The van der Waals surface area contributed by atoms with E-state index in [0.717, 1.165) is 25.3 Å². The molecule has 0 aromatic carbocycles. The molecule has 0 aliphatic heterocycles. The van der Waals surface area contributed by atoms with Crippen LogP contribution >= 0.6 is 0 Å². The first kappa shape index (κ1) is 15.4. The van der Waals surface area contributed by atoms with Gasteiger partial charge in [0.25, 0.3) is 0 Å². The summed E-state index contributed by atoms with van der Waals surface area (Å²) in [5.74, 6) is 0.260. The van der Waals surface area contributed by atoms with Gasteiger partial charge in [-0.25, -0.2) is 0 Å². The van der Waals surface area contributed by atoms with Crippen LogP contribution in [0.1, 0.15) is 47.0 Å². The summed E-state index contributed by atoms with van der Waals surface area (Å²) in [6, 6.07) is 0. The van der Waals surface area contributed by atoms with E-state index in [2.05, 4.69) is 33.0 Å². The van der Waals surface area contributed by atoms with Crippen LogP contribution in [0.3, 0.4) is 0 Å². The first-order valence-corrected chi connectivity index (χ1v) is 6.37. The zero-order chi connectivity index (χ0) is 12.6. The van der Waals surface area contributed by atoms with E-state index in [-0.39, 0.29) is 5.92 Å². The summed E-state index contributed by atoms with van der Waals surface area (Å²) in [7, 11) is 0. The lowest BCUT2D eigenvalue weighted by molar-refractivity contribution is -0.142. The van der Waals surface area contributed by atoms with Crippen molar-refractivity contribution in [3.8, 4) is 0 Å². The van der Waals surface area contributed by atoms with E-state index in [9.17, 15) is 4.79 Å². The molecule has 1 unspecified atom stereocenters. The summed E-state index contributed by atoms with van der Waals surface area (Å²) in [5, 5.41) is 12.3. The van der Waals surface area contributed by atoms with Gasteiger partial charge >= 0.3 is 5.97 Å². The Labute approximate surface area is 99.6 Å². The number of carboxylic acids is 1. The Kier molecular flexibility index (Phi) is 8.26. The summed E-state index contributed by atoms with van der Waals surface area (Å²) in [4.78, 5) is 11.0. The Hall–Kier alpha value is -0.570. The molecule has 0 bridgehead atoms. The maximum absolute atomic E-state index is 11.0. The van der Waals surface area contributed by atoms with Crippen molar-refractivity contribution in [2.45, 2.75) is 47.0 Å². The third kappa shape index (κ3) is 8.72. The highest BCUT2D eigenvalue weighted by Gasteiger charge is 2.17. The Morgan fingerprint density at radius 2 is 1.81 bits per heavy atom. The van der Waals surface area contributed by atoms with Crippen molar-refractivity contribution in [3.63, 3.8) is 0 Å². The van der Waals surface area contributed by atoms with Gasteiger partial charge in [-0.15, -0.1) is 0 Å². The molecule has 3 nitrogen and oxygen atoms in total. The molecule has 0 spiro atoms. The van der Waals surface area contributed by atoms with E-state index >= 15 is 0 Å². The maximum Gasteiger partial charge on any atom is 0.307 e. The predicted octanol–water partition coefficient (Wildman–Crippen LogP) is 2.76. The Morgan fingerprint density at radius 1 is 1.19 bits per heavy atom. The molecule has 96 valence electrons. The van der Waals surface area contributed by atoms with Crippen molar-refractivity contribution < 1.29 is 9.90 Å². The van der Waals surface area contributed by atoms with E-state index in [1.54, 1.807) is 0 Å². The molecule has 16 heavy (non-hydrogen) atoms. The van der Waals surface area contributed by atoms with Gasteiger partial charge in [0.1, 0.15) is 0 Å². The maximum atomic E-state index is 11.0. The third-order valence-corrected chi connectivity index (χ3v) is 2.63. The molecule has 2 N–H and O–H groups in total. The first-order chi connectivity index (χ1) is 7.43. The van der Waals surface area contributed by atoms with Crippen molar-refractivity contribution in [2.75, 3.05) is 13.1 Å². The molecule has 0 heterocycles. The number of rotatable bonds is 9. The third-order valence-electron chi connectivity index (χ3n) is 2.63. The van der Waals surface area contributed by atoms with Gasteiger partial charge in [-0.05, 0) is 37.6 Å². The van der Waals surface area contributed by atoms with Crippen LogP contribution in [0.4, 0.5) is 0 Å². The molecule has 0 aromatic rings. The Balaban J connectivity index is 3.64. The molecule has 0 aliphatic rings. The summed E-state index contributed by atoms with van der Waals surface area (Å²) >= 11 is 0. The minimum atomic E-state index is -0.676. The van der Waals surface area contributed by atoms with Gasteiger partial charge in [0.05, 0.1) is 5.92 Å². The molecule has 0 rings (SSSR count). The van der Waals surface area contributed by atoms with Crippen LogP contribution in [-0.2, 0) is 4.79 Å². The second-order valence-electron chi connectivity index (χ2n) is 5.40. The molecule has 0 fully saturated rings. The van der Waals surface area contributed by atoms with Crippen molar-refractivity contribution in [3.05, 3.63) is 0 Å². The smallest absolute Gasteiger partial charge is 0.307 e. The van der Waals surface area contributed by atoms with Crippen molar-refractivity contribution >= 4 is 5.97 Å². The van der Waals surface area contributed by atoms with Crippen LogP contribution < -0.4 is 5.32 Å². The molecule has 0 saturated carbocycles. The summed E-state index contributed by atoms with van der Waals surface area (Å²) in [6.07, 6.45) is 3.09. The molecule has 3 heteroatoms. The van der Waals surface area contributed by atoms with Crippen LogP contribution in [0.5, 0.6) is 0 Å². The summed E-state index contributed by atoms with van der Waals surface area (Å²) in [5.41, 5.74) is 0. The SMILES string of the molecule is CC(C)CCCNCC(CC(C)C)C(=O)O. The van der Waals surface area contributed by atoms with Crippen molar-refractivity contribution in [2.24, 2.45) is 17.8 Å². The number of hydrogen-bond acceptors (Lipinski definition) is 2. The number of hydrogen-bond donors (Lipinski definition) is 2. The average Bonchev–Trinajstić information content (AvgIpc) is 2.14. The Morgan fingerprint density at radius 3 is 2.25 bits per heavy atom. The standard InChI is InChI=1S/C13H27NO2/c1-10(2)6-5-7-14-9-12(13(15)16)8-11(3)4/h10-12,14H,5-9H2,1-4H3,(H,15,16).